The molecule has 4 nitrogen and oxygen atoms in total. The Bertz CT molecular complexity index is 431. The molecular weight excluding hydrogens is 252 g/mol. The predicted molar refractivity (Wildman–Crippen MR) is 71.6 cm³/mol. The van der Waals surface area contributed by atoms with Crippen molar-refractivity contribution in [1.29, 1.82) is 0 Å². The van der Waals surface area contributed by atoms with Gasteiger partial charge >= 0.3 is 0 Å². The predicted octanol–water partition coefficient (Wildman–Crippen LogP) is 1.44. The third kappa shape index (κ3) is 3.22. The number of methoxy groups -OCH3 is 1. The van der Waals surface area contributed by atoms with Gasteiger partial charge in [0.1, 0.15) is 5.75 Å². The van der Waals surface area contributed by atoms with Crippen LogP contribution in [-0.2, 0) is 0 Å². The van der Waals surface area contributed by atoms with Crippen molar-refractivity contribution < 1.29 is 9.53 Å². The summed E-state index contributed by atoms with van der Waals surface area (Å²) in [6.45, 7) is 4.16. The monoisotopic (exact) mass is 268 g/mol. The number of benzene rings is 1. The molecule has 0 aliphatic carbocycles. The van der Waals surface area contributed by atoms with Crippen LogP contribution in [0, 0.1) is 0 Å². The second kappa shape index (κ2) is 6.18. The lowest BCUT2D eigenvalue weighted by Crippen LogP contribution is -2.45. The minimum atomic E-state index is 0.0986. The Morgan fingerprint density at radius 3 is 2.78 bits per heavy atom. The van der Waals surface area contributed by atoms with Crippen molar-refractivity contribution >= 4 is 17.4 Å². The SMILES string of the molecule is COc1ccc(C(=O)CN2CCNCC2)cc1Cl. The van der Waals surface area contributed by atoms with Crippen molar-refractivity contribution in [3.05, 3.63) is 28.8 Å². The minimum absolute atomic E-state index is 0.0986. The summed E-state index contributed by atoms with van der Waals surface area (Å²) in [6, 6.07) is 5.16. The number of rotatable bonds is 4. The Labute approximate surface area is 112 Å². The molecule has 0 atom stereocenters. The van der Waals surface area contributed by atoms with E-state index in [9.17, 15) is 4.79 Å². The number of nitrogens with one attached hydrogen (secondary N) is 1. The molecule has 1 aromatic carbocycles. The van der Waals surface area contributed by atoms with Crippen molar-refractivity contribution in [3.8, 4) is 5.75 Å². The van der Waals surface area contributed by atoms with E-state index in [1.54, 1.807) is 25.3 Å². The maximum Gasteiger partial charge on any atom is 0.176 e. The second-order valence-corrected chi connectivity index (χ2v) is 4.71. The van der Waals surface area contributed by atoms with Gasteiger partial charge in [-0.3, -0.25) is 9.69 Å². The third-order valence-electron chi connectivity index (χ3n) is 3.05. The molecule has 98 valence electrons. The zero-order chi connectivity index (χ0) is 13.0. The molecule has 0 radical (unpaired) electrons. The quantitative estimate of drug-likeness (QED) is 0.839. The molecule has 5 heteroatoms. The summed E-state index contributed by atoms with van der Waals surface area (Å²) in [5.41, 5.74) is 0.638. The Morgan fingerprint density at radius 2 is 2.17 bits per heavy atom. The van der Waals surface area contributed by atoms with Crippen LogP contribution in [0.5, 0.6) is 5.75 Å². The molecular formula is C13H17ClN2O2. The molecule has 0 bridgehead atoms. The van der Waals surface area contributed by atoms with E-state index in [2.05, 4.69) is 10.2 Å². The number of carbonyl (C=O) groups excluding carboxylic acids is 1. The van der Waals surface area contributed by atoms with Gasteiger partial charge < -0.3 is 10.1 Å². The number of piperazine rings is 1. The van der Waals surface area contributed by atoms with Gasteiger partial charge in [-0.25, -0.2) is 0 Å². The largest absolute Gasteiger partial charge is 0.495 e. The number of nitrogens with zero attached hydrogens (tertiary/aromatic N) is 1. The van der Waals surface area contributed by atoms with Gasteiger partial charge in [0.25, 0.3) is 0 Å². The van der Waals surface area contributed by atoms with Crippen LogP contribution < -0.4 is 10.1 Å². The van der Waals surface area contributed by atoms with E-state index in [4.69, 9.17) is 16.3 Å². The summed E-state index contributed by atoms with van der Waals surface area (Å²) in [5, 5.41) is 3.74. The van der Waals surface area contributed by atoms with Crippen LogP contribution in [0.25, 0.3) is 0 Å². The van der Waals surface area contributed by atoms with E-state index in [1.165, 1.54) is 0 Å². The standard InChI is InChI=1S/C13H17ClN2O2/c1-18-13-3-2-10(8-11(13)14)12(17)9-16-6-4-15-5-7-16/h2-3,8,15H,4-7,9H2,1H3. The lowest BCUT2D eigenvalue weighted by molar-refractivity contribution is 0.0921. The molecule has 1 aliphatic rings. The zero-order valence-corrected chi connectivity index (χ0v) is 11.2. The van der Waals surface area contributed by atoms with E-state index < -0.39 is 0 Å². The number of hydrogen-bond acceptors (Lipinski definition) is 4. The molecule has 0 aromatic heterocycles. The Morgan fingerprint density at radius 1 is 1.44 bits per heavy atom. The first kappa shape index (κ1) is 13.3. The van der Waals surface area contributed by atoms with Gasteiger partial charge in [0.15, 0.2) is 5.78 Å². The Kier molecular flexibility index (Phi) is 4.58. The fraction of sp³-hybridized carbons (Fsp3) is 0.462. The molecule has 0 unspecified atom stereocenters. The first-order valence-corrected chi connectivity index (χ1v) is 6.38. The Hall–Kier alpha value is -1.10. The highest BCUT2D eigenvalue weighted by molar-refractivity contribution is 6.32. The van der Waals surface area contributed by atoms with Gasteiger partial charge in [-0.2, -0.15) is 0 Å². The van der Waals surface area contributed by atoms with Gasteiger partial charge in [0, 0.05) is 31.7 Å². The number of hydrogen-bond donors (Lipinski definition) is 1. The molecule has 2 rings (SSSR count). The fourth-order valence-electron chi connectivity index (χ4n) is 2.00. The summed E-state index contributed by atoms with van der Waals surface area (Å²) in [5.74, 6) is 0.692. The van der Waals surface area contributed by atoms with Crippen LogP contribution in [0.4, 0.5) is 0 Å². The smallest absolute Gasteiger partial charge is 0.176 e. The van der Waals surface area contributed by atoms with Crippen LogP contribution in [0.3, 0.4) is 0 Å². The number of ether oxygens (including phenoxy) is 1. The molecule has 0 saturated carbocycles. The van der Waals surface area contributed by atoms with Crippen LogP contribution in [-0.4, -0.2) is 50.5 Å². The van der Waals surface area contributed by atoms with Gasteiger partial charge in [-0.05, 0) is 18.2 Å². The minimum Gasteiger partial charge on any atom is -0.495 e. The summed E-state index contributed by atoms with van der Waals surface area (Å²) in [7, 11) is 1.56. The van der Waals surface area contributed by atoms with E-state index in [-0.39, 0.29) is 5.78 Å². The average molecular weight is 269 g/mol. The number of carbonyl (C=O) groups is 1. The average Bonchev–Trinajstić information content (AvgIpc) is 2.39. The Balaban J connectivity index is 2.01. The number of ketones is 1. The van der Waals surface area contributed by atoms with Crippen LogP contribution in [0.1, 0.15) is 10.4 Å². The lowest BCUT2D eigenvalue weighted by Gasteiger charge is -2.26. The van der Waals surface area contributed by atoms with Crippen molar-refractivity contribution in [1.82, 2.24) is 10.2 Å². The van der Waals surface area contributed by atoms with Crippen LogP contribution in [0.15, 0.2) is 18.2 Å². The van der Waals surface area contributed by atoms with Gasteiger partial charge in [-0.15, -0.1) is 0 Å². The molecule has 0 amide bonds. The highest BCUT2D eigenvalue weighted by Crippen LogP contribution is 2.25. The molecule has 1 N–H and O–H groups in total. The fourth-order valence-corrected chi connectivity index (χ4v) is 2.26. The molecule has 1 aromatic rings. The highest BCUT2D eigenvalue weighted by atomic mass is 35.5. The van der Waals surface area contributed by atoms with Gasteiger partial charge in [0.05, 0.1) is 18.7 Å². The van der Waals surface area contributed by atoms with Crippen molar-refractivity contribution in [2.45, 2.75) is 0 Å². The molecule has 0 spiro atoms. The normalized spacial score (nSPS) is 16.6. The first-order chi connectivity index (χ1) is 8.70. The summed E-state index contributed by atoms with van der Waals surface area (Å²) < 4.78 is 5.07. The van der Waals surface area contributed by atoms with E-state index in [0.29, 0.717) is 22.9 Å². The van der Waals surface area contributed by atoms with E-state index in [1.807, 2.05) is 0 Å². The van der Waals surface area contributed by atoms with Gasteiger partial charge in [0.2, 0.25) is 0 Å². The maximum absolute atomic E-state index is 12.1. The number of Topliss-reactive ketones (excluding diaryl/α,β-unsaturated/α-hetero) is 1. The highest BCUT2D eigenvalue weighted by Gasteiger charge is 2.15. The molecule has 1 heterocycles. The van der Waals surface area contributed by atoms with Crippen LogP contribution in [0.2, 0.25) is 5.02 Å². The van der Waals surface area contributed by atoms with E-state index in [0.717, 1.165) is 26.2 Å². The molecule has 1 aliphatic heterocycles. The van der Waals surface area contributed by atoms with Crippen LogP contribution >= 0.6 is 11.6 Å². The van der Waals surface area contributed by atoms with Gasteiger partial charge in [-0.1, -0.05) is 11.6 Å². The second-order valence-electron chi connectivity index (χ2n) is 4.30. The molecule has 1 saturated heterocycles. The number of halogens is 1. The lowest BCUT2D eigenvalue weighted by atomic mass is 10.1. The topological polar surface area (TPSA) is 41.6 Å². The summed E-state index contributed by atoms with van der Waals surface area (Å²) in [4.78, 5) is 14.3. The summed E-state index contributed by atoms with van der Waals surface area (Å²) >= 11 is 6.02. The molecule has 1 fully saturated rings. The zero-order valence-electron chi connectivity index (χ0n) is 10.4. The van der Waals surface area contributed by atoms with Crippen molar-refractivity contribution in [3.63, 3.8) is 0 Å². The maximum atomic E-state index is 12.1. The van der Waals surface area contributed by atoms with E-state index >= 15 is 0 Å². The molecule has 18 heavy (non-hydrogen) atoms. The van der Waals surface area contributed by atoms with Crippen molar-refractivity contribution in [2.24, 2.45) is 0 Å². The third-order valence-corrected chi connectivity index (χ3v) is 3.35. The first-order valence-electron chi connectivity index (χ1n) is 6.00. The summed E-state index contributed by atoms with van der Waals surface area (Å²) in [6.07, 6.45) is 0. The van der Waals surface area contributed by atoms with Crippen molar-refractivity contribution in [2.75, 3.05) is 39.8 Å².